The molecular formula is C24H19F5N4O6. The number of methoxy groups -OCH3 is 1. The molecule has 0 radical (unpaired) electrons. The summed E-state index contributed by atoms with van der Waals surface area (Å²) in [5.41, 5.74) is -2.53. The number of aromatic nitrogens is 2. The average molecular weight is 554 g/mol. The molecule has 1 saturated heterocycles. The van der Waals surface area contributed by atoms with Crippen LogP contribution in [0.2, 0.25) is 0 Å². The van der Waals surface area contributed by atoms with Crippen LogP contribution in [0.15, 0.2) is 41.3 Å². The van der Waals surface area contributed by atoms with Gasteiger partial charge in [0.1, 0.15) is 29.1 Å². The Kier molecular flexibility index (Phi) is 7.26. The van der Waals surface area contributed by atoms with E-state index in [1.165, 1.54) is 13.0 Å². The predicted octanol–water partition coefficient (Wildman–Crippen LogP) is 3.23. The third-order valence-electron chi connectivity index (χ3n) is 5.91. The Bertz CT molecular complexity index is 1540. The van der Waals surface area contributed by atoms with E-state index in [0.717, 1.165) is 41.0 Å². The molecule has 1 aromatic carbocycles. The Labute approximate surface area is 215 Å². The highest BCUT2D eigenvalue weighted by Gasteiger charge is 2.40. The van der Waals surface area contributed by atoms with Crippen LogP contribution in [0.1, 0.15) is 23.7 Å². The van der Waals surface area contributed by atoms with Gasteiger partial charge < -0.3 is 14.8 Å². The number of amides is 2. The van der Waals surface area contributed by atoms with E-state index >= 15 is 0 Å². The van der Waals surface area contributed by atoms with Gasteiger partial charge in [0.15, 0.2) is 5.65 Å². The number of carbonyl (C=O) groups excluding carboxylic acids is 3. The minimum absolute atomic E-state index is 0.144. The number of pyridine rings is 2. The molecule has 0 bridgehead atoms. The summed E-state index contributed by atoms with van der Waals surface area (Å²) in [6.45, 7) is 0.875. The first-order chi connectivity index (χ1) is 18.3. The molecule has 1 aliphatic rings. The van der Waals surface area contributed by atoms with Crippen molar-refractivity contribution in [2.24, 2.45) is 0 Å². The van der Waals surface area contributed by atoms with E-state index in [4.69, 9.17) is 4.74 Å². The number of ether oxygens (including phenoxy) is 2. The zero-order valence-electron chi connectivity index (χ0n) is 20.2. The van der Waals surface area contributed by atoms with E-state index in [1.807, 2.05) is 0 Å². The highest BCUT2D eigenvalue weighted by molar-refractivity contribution is 5.98. The second-order valence-electron chi connectivity index (χ2n) is 8.36. The number of hydrogen-bond donors (Lipinski definition) is 1. The molecule has 0 saturated carbocycles. The van der Waals surface area contributed by atoms with Crippen molar-refractivity contribution in [3.05, 3.63) is 63.9 Å². The van der Waals surface area contributed by atoms with Crippen LogP contribution in [0, 0.1) is 11.6 Å². The second-order valence-corrected chi connectivity index (χ2v) is 8.36. The lowest BCUT2D eigenvalue weighted by Crippen LogP contribution is -2.46. The van der Waals surface area contributed by atoms with E-state index in [1.54, 1.807) is 5.32 Å². The molecule has 1 aliphatic heterocycles. The molecule has 10 nitrogen and oxygen atoms in total. The van der Waals surface area contributed by atoms with Crippen molar-refractivity contribution < 1.29 is 45.8 Å². The van der Waals surface area contributed by atoms with Crippen LogP contribution in [-0.4, -0.2) is 59.5 Å². The van der Waals surface area contributed by atoms with Crippen LogP contribution in [0.4, 0.5) is 32.6 Å². The summed E-state index contributed by atoms with van der Waals surface area (Å²) in [6.07, 6.45) is -6.80. The van der Waals surface area contributed by atoms with Crippen LogP contribution in [-0.2, 0) is 14.3 Å². The molecule has 4 rings (SSSR count). The van der Waals surface area contributed by atoms with E-state index in [-0.39, 0.29) is 23.4 Å². The van der Waals surface area contributed by atoms with Gasteiger partial charge in [-0.2, -0.15) is 13.2 Å². The second kappa shape index (κ2) is 10.3. The van der Waals surface area contributed by atoms with Crippen molar-refractivity contribution in [1.82, 2.24) is 14.9 Å². The van der Waals surface area contributed by atoms with Gasteiger partial charge in [0.05, 0.1) is 24.7 Å². The minimum Gasteiger partial charge on any atom is -0.466 e. The number of nitrogens with zero attached hydrogens (tertiary/aromatic N) is 3. The number of anilines is 1. The van der Waals surface area contributed by atoms with Crippen molar-refractivity contribution in [3.8, 4) is 5.69 Å². The lowest BCUT2D eigenvalue weighted by molar-refractivity contribution is -0.153. The molecule has 0 spiro atoms. The van der Waals surface area contributed by atoms with Gasteiger partial charge in [-0.05, 0) is 30.7 Å². The Morgan fingerprint density at radius 2 is 1.92 bits per heavy atom. The first-order valence-corrected chi connectivity index (χ1v) is 11.3. The molecule has 2 atom stereocenters. The number of nitrogens with one attached hydrogen (secondary N) is 1. The minimum atomic E-state index is -4.80. The molecule has 2 amide bonds. The number of halogens is 5. The fourth-order valence-electron chi connectivity index (χ4n) is 3.92. The molecule has 1 unspecified atom stereocenters. The van der Waals surface area contributed by atoms with Gasteiger partial charge in [-0.1, -0.05) is 6.92 Å². The fourth-order valence-corrected chi connectivity index (χ4v) is 3.92. The molecule has 0 aliphatic carbocycles. The van der Waals surface area contributed by atoms with Gasteiger partial charge in [0.25, 0.3) is 5.91 Å². The number of benzene rings is 1. The number of esters is 1. The largest absolute Gasteiger partial charge is 0.466 e. The summed E-state index contributed by atoms with van der Waals surface area (Å²) in [4.78, 5) is 55.2. The summed E-state index contributed by atoms with van der Waals surface area (Å²) in [5, 5.41) is 1.42. The van der Waals surface area contributed by atoms with Crippen LogP contribution in [0.25, 0.3) is 16.7 Å². The van der Waals surface area contributed by atoms with Crippen molar-refractivity contribution in [2.75, 3.05) is 18.6 Å². The Morgan fingerprint density at radius 1 is 1.21 bits per heavy atom. The highest BCUT2D eigenvalue weighted by Crippen LogP contribution is 2.26. The molecular weight excluding hydrogens is 535 g/mol. The summed E-state index contributed by atoms with van der Waals surface area (Å²) >= 11 is 0. The van der Waals surface area contributed by atoms with Crippen molar-refractivity contribution >= 4 is 34.8 Å². The number of cyclic esters (lactones) is 1. The van der Waals surface area contributed by atoms with Crippen molar-refractivity contribution in [2.45, 2.75) is 31.7 Å². The number of carbonyl (C=O) groups is 3. The Morgan fingerprint density at radius 3 is 2.54 bits per heavy atom. The van der Waals surface area contributed by atoms with E-state index in [2.05, 4.69) is 9.72 Å². The van der Waals surface area contributed by atoms with Gasteiger partial charge in [0.2, 0.25) is 11.5 Å². The van der Waals surface area contributed by atoms with E-state index in [9.17, 15) is 41.1 Å². The standard InChI is InChI=1S/C24H19F5N4O6/c1-3-17(24(27,28)29)30-21(35)13-9-32(15-6-4-11(25)8-14(15)26)20-12(19(13)34)5-7-18(31-20)33-10-16(22(36)38-2)39-23(33)37/h4-9,16-17H,3,10H2,1-2H3,(H,30,35)/t16-,17?/m0/s1. The SMILES string of the molecule is CCC(NC(=O)c1cn(-c2ccc(F)cc2F)c2nc(N3C[C@@H](C(=O)OC)OC3=O)ccc2c1=O)C(F)(F)F. The first kappa shape index (κ1) is 27.5. The predicted molar refractivity (Wildman–Crippen MR) is 124 cm³/mol. The molecule has 1 fully saturated rings. The summed E-state index contributed by atoms with van der Waals surface area (Å²) < 4.78 is 78.5. The van der Waals surface area contributed by atoms with E-state index < -0.39 is 71.0 Å². The summed E-state index contributed by atoms with van der Waals surface area (Å²) in [6, 6.07) is 2.38. The topological polar surface area (TPSA) is 120 Å². The number of hydrogen-bond acceptors (Lipinski definition) is 7. The van der Waals surface area contributed by atoms with Gasteiger partial charge in [0, 0.05) is 12.3 Å². The molecule has 206 valence electrons. The van der Waals surface area contributed by atoms with Crippen molar-refractivity contribution in [1.29, 1.82) is 0 Å². The highest BCUT2D eigenvalue weighted by atomic mass is 19.4. The van der Waals surface area contributed by atoms with Crippen molar-refractivity contribution in [3.63, 3.8) is 0 Å². The zero-order valence-corrected chi connectivity index (χ0v) is 20.2. The maximum absolute atomic E-state index is 14.8. The lowest BCUT2D eigenvalue weighted by Gasteiger charge is -2.21. The van der Waals surface area contributed by atoms with Gasteiger partial charge >= 0.3 is 18.2 Å². The first-order valence-electron chi connectivity index (χ1n) is 11.3. The molecule has 15 heteroatoms. The fraction of sp³-hybridized carbons (Fsp3) is 0.292. The molecule has 1 N–H and O–H groups in total. The maximum atomic E-state index is 14.8. The van der Waals surface area contributed by atoms with Crippen LogP contribution >= 0.6 is 0 Å². The van der Waals surface area contributed by atoms with Crippen LogP contribution < -0.4 is 15.6 Å². The normalized spacial score (nSPS) is 16.2. The number of alkyl halides is 3. The molecule has 3 heterocycles. The smallest absolute Gasteiger partial charge is 0.416 e. The third kappa shape index (κ3) is 5.24. The van der Waals surface area contributed by atoms with Crippen LogP contribution in [0.5, 0.6) is 0 Å². The lowest BCUT2D eigenvalue weighted by atomic mass is 10.1. The molecule has 2 aromatic heterocycles. The molecule has 3 aromatic rings. The Hall–Kier alpha value is -4.56. The number of fused-ring (bicyclic) bond motifs is 1. The maximum Gasteiger partial charge on any atom is 0.416 e. The van der Waals surface area contributed by atoms with E-state index in [0.29, 0.717) is 6.07 Å². The average Bonchev–Trinajstić information content (AvgIpc) is 3.28. The summed E-state index contributed by atoms with van der Waals surface area (Å²) in [5.74, 6) is -4.45. The zero-order chi connectivity index (χ0) is 28.6. The monoisotopic (exact) mass is 554 g/mol. The quantitative estimate of drug-likeness (QED) is 0.367. The van der Waals surface area contributed by atoms with Gasteiger partial charge in [-0.3, -0.25) is 19.1 Å². The summed E-state index contributed by atoms with van der Waals surface area (Å²) in [7, 11) is 1.09. The third-order valence-corrected chi connectivity index (χ3v) is 5.91. The van der Waals surface area contributed by atoms with Gasteiger partial charge in [-0.15, -0.1) is 0 Å². The molecule has 39 heavy (non-hydrogen) atoms. The van der Waals surface area contributed by atoms with Crippen LogP contribution in [0.3, 0.4) is 0 Å². The number of rotatable bonds is 6. The van der Waals surface area contributed by atoms with Gasteiger partial charge in [-0.25, -0.2) is 23.4 Å². The Balaban J connectivity index is 1.89.